The fraction of sp³-hybridized carbons (Fsp3) is 0.630. The predicted octanol–water partition coefficient (Wildman–Crippen LogP) is 7.81. The first kappa shape index (κ1) is 26.9. The van der Waals surface area contributed by atoms with Crippen LogP contribution in [0.5, 0.6) is 5.75 Å². The van der Waals surface area contributed by atoms with Crippen molar-refractivity contribution in [3.63, 3.8) is 0 Å². The van der Waals surface area contributed by atoms with E-state index in [0.29, 0.717) is 24.3 Å². The third-order valence-electron chi connectivity index (χ3n) is 5.24. The maximum absolute atomic E-state index is 11.9. The van der Waals surface area contributed by atoms with Gasteiger partial charge in [-0.2, -0.15) is 0 Å². The summed E-state index contributed by atoms with van der Waals surface area (Å²) in [5.74, 6) is -0.124. The Hall–Kier alpha value is -2.10. The van der Waals surface area contributed by atoms with Gasteiger partial charge < -0.3 is 9.47 Å². The molecule has 4 heteroatoms. The Morgan fingerprint density at radius 3 is 1.87 bits per heavy atom. The number of carbonyl (C=O) groups is 2. The third kappa shape index (κ3) is 14.5. The second kappa shape index (κ2) is 18.7. The van der Waals surface area contributed by atoms with Crippen LogP contribution in [0.1, 0.15) is 114 Å². The highest BCUT2D eigenvalue weighted by Gasteiger charge is 2.08. The lowest BCUT2D eigenvalue weighted by atomic mass is 10.1. The molecular formula is C27H42O4. The molecule has 0 fully saturated rings. The average molecular weight is 431 g/mol. The van der Waals surface area contributed by atoms with Gasteiger partial charge >= 0.3 is 11.9 Å². The van der Waals surface area contributed by atoms with Crippen molar-refractivity contribution in [3.05, 3.63) is 42.0 Å². The van der Waals surface area contributed by atoms with Gasteiger partial charge in [0.1, 0.15) is 5.75 Å². The highest BCUT2D eigenvalue weighted by Crippen LogP contribution is 2.15. The molecule has 0 aromatic heterocycles. The quantitative estimate of drug-likeness (QED) is 0.103. The van der Waals surface area contributed by atoms with Crippen LogP contribution in [-0.2, 0) is 9.53 Å². The number of ether oxygens (including phenoxy) is 2. The molecule has 1 rings (SSSR count). The van der Waals surface area contributed by atoms with E-state index in [2.05, 4.69) is 19.1 Å². The van der Waals surface area contributed by atoms with Crippen molar-refractivity contribution in [2.45, 2.75) is 104 Å². The number of carbonyl (C=O) groups excluding carboxylic acids is 2. The second-order valence-corrected chi connectivity index (χ2v) is 8.05. The fourth-order valence-corrected chi connectivity index (χ4v) is 3.40. The zero-order valence-corrected chi connectivity index (χ0v) is 19.7. The lowest BCUT2D eigenvalue weighted by Gasteiger charge is -2.06. The van der Waals surface area contributed by atoms with Crippen LogP contribution in [0.4, 0.5) is 0 Å². The molecule has 31 heavy (non-hydrogen) atoms. The van der Waals surface area contributed by atoms with E-state index in [-0.39, 0.29) is 11.9 Å². The average Bonchev–Trinajstić information content (AvgIpc) is 2.77. The van der Waals surface area contributed by atoms with Crippen molar-refractivity contribution in [1.29, 1.82) is 0 Å². The minimum atomic E-state index is -0.367. The van der Waals surface area contributed by atoms with E-state index >= 15 is 0 Å². The minimum Gasteiger partial charge on any atom is -0.462 e. The molecule has 0 aliphatic heterocycles. The van der Waals surface area contributed by atoms with Gasteiger partial charge in [0.2, 0.25) is 0 Å². The molecule has 0 atom stereocenters. The summed E-state index contributed by atoms with van der Waals surface area (Å²) in [5.41, 5.74) is 0.457. The fourth-order valence-electron chi connectivity index (χ4n) is 3.40. The van der Waals surface area contributed by atoms with E-state index in [4.69, 9.17) is 9.47 Å². The molecular weight excluding hydrogens is 388 g/mol. The zero-order valence-electron chi connectivity index (χ0n) is 19.7. The number of hydrogen-bond acceptors (Lipinski definition) is 4. The van der Waals surface area contributed by atoms with Crippen molar-refractivity contribution in [2.75, 3.05) is 6.61 Å². The maximum Gasteiger partial charge on any atom is 0.338 e. The van der Waals surface area contributed by atoms with Crippen molar-refractivity contribution in [2.24, 2.45) is 0 Å². The summed E-state index contributed by atoms with van der Waals surface area (Å²) < 4.78 is 10.3. The first-order valence-electron chi connectivity index (χ1n) is 12.3. The number of hydrogen-bond donors (Lipinski definition) is 0. The van der Waals surface area contributed by atoms with Crippen molar-refractivity contribution in [3.8, 4) is 5.75 Å². The molecule has 0 aliphatic rings. The standard InChI is InChI=1S/C27H42O4/c1-3-5-6-7-8-9-10-11-12-13-14-15-16-17-18-19-26(28)31-25-22-20-24(21-23-25)27(29)30-4-2/h11-12,20-23H,3-10,13-19H2,1-2H3/b12-11-. The molecule has 0 bridgehead atoms. The Bertz CT molecular complexity index is 619. The number of rotatable bonds is 18. The van der Waals surface area contributed by atoms with Crippen LogP contribution < -0.4 is 4.74 Å². The minimum absolute atomic E-state index is 0.221. The molecule has 1 aromatic rings. The Balaban J connectivity index is 1.98. The van der Waals surface area contributed by atoms with Gasteiger partial charge in [0.05, 0.1) is 12.2 Å². The molecule has 0 heterocycles. The SMILES string of the molecule is CCCCCCCC/C=C\CCCCCCCC(=O)Oc1ccc(C(=O)OCC)cc1. The first-order chi connectivity index (χ1) is 15.2. The Morgan fingerprint density at radius 2 is 1.29 bits per heavy atom. The Kier molecular flexibility index (Phi) is 16.2. The summed E-state index contributed by atoms with van der Waals surface area (Å²) in [7, 11) is 0. The molecule has 0 saturated carbocycles. The van der Waals surface area contributed by atoms with Crippen LogP contribution in [0.3, 0.4) is 0 Å². The topological polar surface area (TPSA) is 52.6 Å². The highest BCUT2D eigenvalue weighted by atomic mass is 16.5. The van der Waals surface area contributed by atoms with Crippen LogP contribution >= 0.6 is 0 Å². The number of benzene rings is 1. The maximum atomic E-state index is 11.9. The summed E-state index contributed by atoms with van der Waals surface area (Å²) in [4.78, 5) is 23.6. The van der Waals surface area contributed by atoms with Crippen LogP contribution in [-0.4, -0.2) is 18.5 Å². The van der Waals surface area contributed by atoms with Crippen molar-refractivity contribution in [1.82, 2.24) is 0 Å². The van der Waals surface area contributed by atoms with E-state index < -0.39 is 0 Å². The van der Waals surface area contributed by atoms with E-state index in [1.165, 1.54) is 64.2 Å². The van der Waals surface area contributed by atoms with E-state index in [1.54, 1.807) is 31.2 Å². The van der Waals surface area contributed by atoms with Gasteiger partial charge in [0, 0.05) is 6.42 Å². The molecule has 4 nitrogen and oxygen atoms in total. The summed E-state index contributed by atoms with van der Waals surface area (Å²) in [6, 6.07) is 6.49. The molecule has 0 N–H and O–H groups in total. The molecule has 1 aromatic carbocycles. The van der Waals surface area contributed by atoms with Gasteiger partial charge in [0.15, 0.2) is 0 Å². The van der Waals surface area contributed by atoms with E-state index in [0.717, 1.165) is 19.3 Å². The van der Waals surface area contributed by atoms with Crippen molar-refractivity contribution < 1.29 is 19.1 Å². The largest absolute Gasteiger partial charge is 0.462 e. The summed E-state index contributed by atoms with van der Waals surface area (Å²) in [5, 5.41) is 0. The van der Waals surface area contributed by atoms with E-state index in [9.17, 15) is 9.59 Å². The third-order valence-corrected chi connectivity index (χ3v) is 5.24. The van der Waals surface area contributed by atoms with Crippen LogP contribution in [0, 0.1) is 0 Å². The van der Waals surface area contributed by atoms with Gasteiger partial charge in [0.25, 0.3) is 0 Å². The number of allylic oxidation sites excluding steroid dienone is 2. The van der Waals surface area contributed by atoms with Gasteiger partial charge in [-0.1, -0.05) is 70.4 Å². The normalized spacial score (nSPS) is 11.0. The molecule has 0 radical (unpaired) electrons. The highest BCUT2D eigenvalue weighted by molar-refractivity contribution is 5.89. The second-order valence-electron chi connectivity index (χ2n) is 8.05. The van der Waals surface area contributed by atoms with Gasteiger partial charge in [-0.3, -0.25) is 4.79 Å². The molecule has 0 amide bonds. The van der Waals surface area contributed by atoms with Gasteiger partial charge in [-0.05, 0) is 63.3 Å². The van der Waals surface area contributed by atoms with Crippen LogP contribution in [0.15, 0.2) is 36.4 Å². The summed E-state index contributed by atoms with van der Waals surface area (Å²) >= 11 is 0. The Labute approximate surface area is 189 Å². The number of esters is 2. The van der Waals surface area contributed by atoms with E-state index in [1.807, 2.05) is 0 Å². The summed E-state index contributed by atoms with van der Waals surface area (Å²) in [6.45, 7) is 4.36. The van der Waals surface area contributed by atoms with Crippen LogP contribution in [0.2, 0.25) is 0 Å². The molecule has 0 spiro atoms. The van der Waals surface area contributed by atoms with Crippen LogP contribution in [0.25, 0.3) is 0 Å². The lowest BCUT2D eigenvalue weighted by Crippen LogP contribution is -2.08. The Morgan fingerprint density at radius 1 is 0.742 bits per heavy atom. The molecule has 0 saturated heterocycles. The van der Waals surface area contributed by atoms with Gasteiger partial charge in [-0.25, -0.2) is 4.79 Å². The molecule has 174 valence electrons. The van der Waals surface area contributed by atoms with Gasteiger partial charge in [-0.15, -0.1) is 0 Å². The molecule has 0 aliphatic carbocycles. The van der Waals surface area contributed by atoms with Crippen molar-refractivity contribution >= 4 is 11.9 Å². The number of unbranched alkanes of at least 4 members (excludes halogenated alkanes) is 11. The predicted molar refractivity (Wildman–Crippen MR) is 127 cm³/mol. The zero-order chi connectivity index (χ0) is 22.6. The monoisotopic (exact) mass is 430 g/mol. The lowest BCUT2D eigenvalue weighted by molar-refractivity contribution is -0.134. The smallest absolute Gasteiger partial charge is 0.338 e. The first-order valence-corrected chi connectivity index (χ1v) is 12.3. The molecule has 0 unspecified atom stereocenters. The summed E-state index contributed by atoms with van der Waals surface area (Å²) in [6.07, 6.45) is 21.2.